The highest BCUT2D eigenvalue weighted by Crippen LogP contribution is 2.34. The van der Waals surface area contributed by atoms with Gasteiger partial charge in [-0.15, -0.1) is 0 Å². The zero-order valence-corrected chi connectivity index (χ0v) is 12.7. The van der Waals surface area contributed by atoms with Gasteiger partial charge in [0, 0.05) is 6.04 Å². The quantitative estimate of drug-likeness (QED) is 0.842. The average Bonchev–Trinajstić information content (AvgIpc) is 2.63. The largest absolute Gasteiger partial charge is 0.478 e. The third-order valence-electron chi connectivity index (χ3n) is 4.72. The highest BCUT2D eigenvalue weighted by molar-refractivity contribution is 6.01. The van der Waals surface area contributed by atoms with E-state index in [-0.39, 0.29) is 0 Å². The van der Waals surface area contributed by atoms with Gasteiger partial charge in [-0.3, -0.25) is 0 Å². The van der Waals surface area contributed by atoms with Crippen LogP contribution in [0, 0.1) is 12.8 Å². The number of imidazole rings is 1. The molecule has 4 heteroatoms. The molecule has 112 valence electrons. The van der Waals surface area contributed by atoms with Gasteiger partial charge >= 0.3 is 5.97 Å². The molecule has 1 N–H and O–H groups in total. The van der Waals surface area contributed by atoms with E-state index in [9.17, 15) is 9.90 Å². The average molecular weight is 286 g/mol. The zero-order valence-electron chi connectivity index (χ0n) is 12.7. The molecule has 1 aromatic heterocycles. The molecular weight excluding hydrogens is 264 g/mol. The van der Waals surface area contributed by atoms with Crippen molar-refractivity contribution in [2.75, 3.05) is 0 Å². The first kappa shape index (κ1) is 14.1. The summed E-state index contributed by atoms with van der Waals surface area (Å²) >= 11 is 0. The van der Waals surface area contributed by atoms with E-state index in [4.69, 9.17) is 0 Å². The van der Waals surface area contributed by atoms with Crippen molar-refractivity contribution in [1.29, 1.82) is 0 Å². The molecule has 1 aliphatic carbocycles. The van der Waals surface area contributed by atoms with Crippen molar-refractivity contribution in [3.8, 4) is 0 Å². The number of para-hydroxylation sites is 1. The number of aryl methyl sites for hydroxylation is 1. The van der Waals surface area contributed by atoms with Crippen LogP contribution in [0.25, 0.3) is 11.0 Å². The lowest BCUT2D eigenvalue weighted by Crippen LogP contribution is -2.10. The Morgan fingerprint density at radius 2 is 2.10 bits per heavy atom. The van der Waals surface area contributed by atoms with Crippen LogP contribution in [0.5, 0.6) is 0 Å². The highest BCUT2D eigenvalue weighted by Gasteiger charge is 2.22. The standard InChI is InChI=1S/C17H22N2O2/c1-11-5-3-6-13(10-9-11)19-12(2)18-16-14(17(20)21)7-4-8-15(16)19/h4,7-8,11,13H,3,5-6,9-10H2,1-2H3,(H,20,21). The molecule has 1 saturated carbocycles. The van der Waals surface area contributed by atoms with Crippen molar-refractivity contribution in [3.63, 3.8) is 0 Å². The smallest absolute Gasteiger partial charge is 0.337 e. The SMILES string of the molecule is Cc1nc2c(C(=O)O)cccc2n1C1CCCC(C)CC1. The summed E-state index contributed by atoms with van der Waals surface area (Å²) < 4.78 is 2.26. The number of fused-ring (bicyclic) bond motifs is 1. The number of carboxylic acid groups (broad SMARTS) is 1. The second-order valence-electron chi connectivity index (χ2n) is 6.27. The lowest BCUT2D eigenvalue weighted by molar-refractivity contribution is 0.0699. The maximum atomic E-state index is 11.4. The van der Waals surface area contributed by atoms with Gasteiger partial charge in [0.25, 0.3) is 0 Å². The Balaban J connectivity index is 2.08. The molecule has 0 aliphatic heterocycles. The normalized spacial score (nSPS) is 23.1. The molecule has 2 aromatic rings. The Morgan fingerprint density at radius 3 is 2.86 bits per heavy atom. The summed E-state index contributed by atoms with van der Waals surface area (Å²) in [7, 11) is 0. The van der Waals surface area contributed by atoms with E-state index in [0.29, 0.717) is 17.1 Å². The summed E-state index contributed by atoms with van der Waals surface area (Å²) in [6.45, 7) is 4.31. The third-order valence-corrected chi connectivity index (χ3v) is 4.72. The number of carboxylic acids is 1. The monoisotopic (exact) mass is 286 g/mol. The van der Waals surface area contributed by atoms with Gasteiger partial charge in [0.1, 0.15) is 11.3 Å². The summed E-state index contributed by atoms with van der Waals surface area (Å²) in [5.41, 5.74) is 1.89. The number of aromatic nitrogens is 2. The fraction of sp³-hybridized carbons (Fsp3) is 0.529. The van der Waals surface area contributed by atoms with Crippen molar-refractivity contribution >= 4 is 17.0 Å². The van der Waals surface area contributed by atoms with E-state index in [1.807, 2.05) is 19.1 Å². The third kappa shape index (κ3) is 2.55. The van der Waals surface area contributed by atoms with Crippen LogP contribution in [0.15, 0.2) is 18.2 Å². The van der Waals surface area contributed by atoms with E-state index in [2.05, 4.69) is 16.5 Å². The number of benzene rings is 1. The molecule has 0 radical (unpaired) electrons. The summed E-state index contributed by atoms with van der Waals surface area (Å²) in [5.74, 6) is 0.817. The fourth-order valence-corrected chi connectivity index (χ4v) is 3.59. The number of carbonyl (C=O) groups is 1. The molecule has 1 aromatic carbocycles. The van der Waals surface area contributed by atoms with Gasteiger partial charge in [-0.2, -0.15) is 0 Å². The fourth-order valence-electron chi connectivity index (χ4n) is 3.59. The van der Waals surface area contributed by atoms with Gasteiger partial charge in [0.2, 0.25) is 0 Å². The molecule has 2 atom stereocenters. The minimum absolute atomic E-state index is 0.302. The molecule has 4 nitrogen and oxygen atoms in total. The second-order valence-corrected chi connectivity index (χ2v) is 6.27. The Labute approximate surface area is 124 Å². The minimum atomic E-state index is -0.903. The van der Waals surface area contributed by atoms with E-state index in [1.54, 1.807) is 6.07 Å². The molecule has 1 fully saturated rings. The maximum absolute atomic E-state index is 11.4. The Bertz CT molecular complexity index is 675. The summed E-state index contributed by atoms with van der Waals surface area (Å²) in [6.07, 6.45) is 6.09. The topological polar surface area (TPSA) is 55.1 Å². The van der Waals surface area contributed by atoms with Gasteiger partial charge in [-0.25, -0.2) is 9.78 Å². The lowest BCUT2D eigenvalue weighted by Gasteiger charge is -2.19. The number of aromatic carboxylic acids is 1. The number of nitrogens with zero attached hydrogens (tertiary/aromatic N) is 2. The molecule has 3 rings (SSSR count). The predicted molar refractivity (Wildman–Crippen MR) is 82.7 cm³/mol. The molecule has 0 bridgehead atoms. The number of rotatable bonds is 2. The van der Waals surface area contributed by atoms with Crippen LogP contribution in [0.4, 0.5) is 0 Å². The highest BCUT2D eigenvalue weighted by atomic mass is 16.4. The van der Waals surface area contributed by atoms with Gasteiger partial charge in [-0.1, -0.05) is 25.8 Å². The first-order valence-corrected chi connectivity index (χ1v) is 7.78. The predicted octanol–water partition coefficient (Wildman–Crippen LogP) is 4.18. The van der Waals surface area contributed by atoms with Crippen LogP contribution in [-0.2, 0) is 0 Å². The van der Waals surface area contributed by atoms with E-state index >= 15 is 0 Å². The maximum Gasteiger partial charge on any atom is 0.337 e. The van der Waals surface area contributed by atoms with Gasteiger partial charge in [0.05, 0.1) is 11.1 Å². The summed E-state index contributed by atoms with van der Waals surface area (Å²) in [6, 6.07) is 5.90. The molecule has 2 unspecified atom stereocenters. The minimum Gasteiger partial charge on any atom is -0.478 e. The van der Waals surface area contributed by atoms with Crippen LogP contribution in [0.3, 0.4) is 0 Å². The van der Waals surface area contributed by atoms with Crippen LogP contribution in [0.2, 0.25) is 0 Å². The van der Waals surface area contributed by atoms with Crippen LogP contribution < -0.4 is 0 Å². The van der Waals surface area contributed by atoms with Crippen molar-refractivity contribution < 1.29 is 9.90 Å². The second kappa shape index (κ2) is 5.51. The van der Waals surface area contributed by atoms with Crippen molar-refractivity contribution in [2.24, 2.45) is 5.92 Å². The molecule has 0 amide bonds. The van der Waals surface area contributed by atoms with E-state index in [1.165, 1.54) is 19.3 Å². The Kier molecular flexibility index (Phi) is 3.70. The van der Waals surface area contributed by atoms with E-state index in [0.717, 1.165) is 30.1 Å². The first-order chi connectivity index (χ1) is 10.1. The van der Waals surface area contributed by atoms with Crippen LogP contribution in [0.1, 0.15) is 61.3 Å². The Morgan fingerprint density at radius 1 is 1.29 bits per heavy atom. The molecular formula is C17H22N2O2. The molecule has 1 heterocycles. The van der Waals surface area contributed by atoms with Gasteiger partial charge in [-0.05, 0) is 44.2 Å². The van der Waals surface area contributed by atoms with Crippen LogP contribution in [-0.4, -0.2) is 20.6 Å². The number of hydrogen-bond acceptors (Lipinski definition) is 2. The van der Waals surface area contributed by atoms with E-state index < -0.39 is 5.97 Å². The molecule has 0 spiro atoms. The zero-order chi connectivity index (χ0) is 15.0. The molecule has 0 saturated heterocycles. The molecule has 21 heavy (non-hydrogen) atoms. The van der Waals surface area contributed by atoms with Crippen molar-refractivity contribution in [1.82, 2.24) is 9.55 Å². The summed E-state index contributed by atoms with van der Waals surface area (Å²) in [4.78, 5) is 15.9. The Hall–Kier alpha value is -1.84. The van der Waals surface area contributed by atoms with Crippen molar-refractivity contribution in [3.05, 3.63) is 29.6 Å². The van der Waals surface area contributed by atoms with Gasteiger partial charge in [0.15, 0.2) is 0 Å². The lowest BCUT2D eigenvalue weighted by atomic mass is 10.0. The van der Waals surface area contributed by atoms with Crippen molar-refractivity contribution in [2.45, 2.75) is 52.0 Å². The number of hydrogen-bond donors (Lipinski definition) is 1. The van der Waals surface area contributed by atoms with Gasteiger partial charge < -0.3 is 9.67 Å². The molecule has 1 aliphatic rings. The first-order valence-electron chi connectivity index (χ1n) is 7.78. The summed E-state index contributed by atoms with van der Waals surface area (Å²) in [5, 5.41) is 9.32. The van der Waals surface area contributed by atoms with Crippen LogP contribution >= 0.6 is 0 Å².